The Morgan fingerprint density at radius 3 is 0.943 bits per heavy atom. The molecule has 0 atom stereocenters. The highest BCUT2D eigenvalue weighted by Crippen LogP contribution is 2.61. The van der Waals surface area contributed by atoms with Gasteiger partial charge in [0.2, 0.25) is 0 Å². The molecule has 0 N–H and O–H groups in total. The molecule has 0 fully saturated rings. The van der Waals surface area contributed by atoms with E-state index in [0.717, 1.165) is 17.0 Å². The van der Waals surface area contributed by atoms with Gasteiger partial charge in [-0.2, -0.15) is 0 Å². The van der Waals surface area contributed by atoms with E-state index >= 15 is 0 Å². The van der Waals surface area contributed by atoms with E-state index < -0.39 is 0 Å². The zero-order chi connectivity index (χ0) is 96.9. The molecule has 0 amide bonds. The number of hydrogen-bond acceptors (Lipinski definition) is 2. The molecule has 20 aromatic carbocycles. The van der Waals surface area contributed by atoms with Crippen molar-refractivity contribution in [2.45, 2.75) is 150 Å². The number of hydrogen-bond donors (Lipinski definition) is 0. The van der Waals surface area contributed by atoms with Crippen LogP contribution in [-0.2, 0) is 32.5 Å². The van der Waals surface area contributed by atoms with E-state index in [-0.39, 0.29) is 32.5 Å². The smallest absolute Gasteiger partial charge is 0.136 e. The second kappa shape index (κ2) is 35.9. The third-order valence-corrected chi connectivity index (χ3v) is 31.4. The summed E-state index contributed by atoms with van der Waals surface area (Å²) in [5, 5.41) is 14.5. The summed E-state index contributed by atoms with van der Waals surface area (Å²) in [6.45, 7) is 37.6. The molecule has 21 aromatic rings. The predicted octanol–water partition coefficient (Wildman–Crippen LogP) is 36.1. The monoisotopic (exact) mass is 1810 g/mol. The van der Waals surface area contributed by atoms with Crippen molar-refractivity contribution >= 4 is 43.1 Å². The molecule has 6 aliphatic rings. The highest BCUT2D eigenvalue weighted by Gasteiger charge is 2.49. The van der Waals surface area contributed by atoms with Gasteiger partial charge in [0.05, 0.1) is 16.5 Å². The van der Waals surface area contributed by atoms with E-state index in [1.165, 1.54) is 232 Å². The summed E-state index contributed by atoms with van der Waals surface area (Å²) in [6.07, 6.45) is 0. The van der Waals surface area contributed by atoms with Gasteiger partial charge in [0.1, 0.15) is 5.76 Å². The summed E-state index contributed by atoms with van der Waals surface area (Å²) in [5.74, 6) is 0.919. The predicted molar refractivity (Wildman–Crippen MR) is 593 cm³/mol. The highest BCUT2D eigenvalue weighted by atomic mass is 16.5. The molecule has 2 nitrogen and oxygen atoms in total. The second-order valence-corrected chi connectivity index (χ2v) is 41.7. The van der Waals surface area contributed by atoms with Crippen molar-refractivity contribution in [2.75, 3.05) is 0 Å². The lowest BCUT2D eigenvalue weighted by molar-refractivity contribution is 0.392. The molecule has 0 aliphatic heterocycles. The van der Waals surface area contributed by atoms with Crippen molar-refractivity contribution < 1.29 is 4.52 Å². The van der Waals surface area contributed by atoms with Crippen LogP contribution in [0.15, 0.2) is 429 Å². The Kier molecular flexibility index (Phi) is 23.4. The fourth-order valence-corrected chi connectivity index (χ4v) is 24.2. The van der Waals surface area contributed by atoms with Gasteiger partial charge in [-0.05, 0) is 273 Å². The lowest BCUT2D eigenvalue weighted by atomic mass is 9.66. The fraction of sp³-hybridized carbons (Fsp3) is 0.167. The van der Waals surface area contributed by atoms with Crippen molar-refractivity contribution in [1.82, 2.24) is 5.16 Å². The normalized spacial score (nSPS) is 14.4. The van der Waals surface area contributed by atoms with Gasteiger partial charge in [-0.1, -0.05) is 506 Å². The van der Waals surface area contributed by atoms with Crippen LogP contribution in [0.4, 0.5) is 0 Å². The molecule has 1 aromatic heterocycles. The largest absolute Gasteiger partial charge is 0.361 e. The number of benzene rings is 20. The van der Waals surface area contributed by atoms with Gasteiger partial charge in [0.25, 0.3) is 0 Å². The van der Waals surface area contributed by atoms with Gasteiger partial charge in [-0.25, -0.2) is 0 Å². The van der Waals surface area contributed by atoms with Gasteiger partial charge in [-0.15, -0.1) is 0 Å². The molecule has 140 heavy (non-hydrogen) atoms. The molecule has 0 saturated carbocycles. The molecule has 0 radical (unpaired) electrons. The molecule has 684 valence electrons. The van der Waals surface area contributed by atoms with Crippen LogP contribution < -0.4 is 0 Å². The molecule has 27 rings (SSSR count). The maximum atomic E-state index is 4.84. The van der Waals surface area contributed by atoms with Gasteiger partial charge in [-0.3, -0.25) is 0 Å². The first kappa shape index (κ1) is 91.1. The Morgan fingerprint density at radius 1 is 0.186 bits per heavy atom. The summed E-state index contributed by atoms with van der Waals surface area (Å²) >= 11 is 0. The Morgan fingerprint density at radius 2 is 0.479 bits per heavy atom. The number of rotatable bonds is 4. The second-order valence-electron chi connectivity index (χ2n) is 41.7. The Labute approximate surface area is 827 Å². The Hall–Kier alpha value is -15.4. The van der Waals surface area contributed by atoms with E-state index in [9.17, 15) is 0 Å². The van der Waals surface area contributed by atoms with Gasteiger partial charge in [0.15, 0.2) is 0 Å². The number of aryl methyl sites for hydroxylation is 8. The van der Waals surface area contributed by atoms with Crippen LogP contribution in [0, 0.1) is 62.3 Å². The topological polar surface area (TPSA) is 26.0 Å². The average Bonchev–Trinajstić information content (AvgIpc) is 1.52. The zero-order valence-corrected chi connectivity index (χ0v) is 83.8. The van der Waals surface area contributed by atoms with E-state index in [4.69, 9.17) is 4.52 Å². The summed E-state index contributed by atoms with van der Waals surface area (Å²) in [6, 6.07) is 156. The fourth-order valence-electron chi connectivity index (χ4n) is 24.2. The molecule has 6 aliphatic carbocycles. The number of aromatic nitrogens is 1. The van der Waals surface area contributed by atoms with Crippen LogP contribution in [0.2, 0.25) is 0 Å². The lowest BCUT2D eigenvalue weighted by Gasteiger charge is -2.34. The molecule has 0 spiro atoms. The average molecular weight is 1810 g/mol. The minimum absolute atomic E-state index is 0.0809. The minimum Gasteiger partial charge on any atom is -0.361 e. The maximum Gasteiger partial charge on any atom is 0.136 e. The molecular weight excluding hydrogens is 1690 g/mol. The van der Waals surface area contributed by atoms with Gasteiger partial charge >= 0.3 is 0 Å². The van der Waals surface area contributed by atoms with Crippen LogP contribution in [-0.4, -0.2) is 5.16 Å². The first-order chi connectivity index (χ1) is 67.7. The van der Waals surface area contributed by atoms with Gasteiger partial charge in [0, 0.05) is 27.2 Å². The summed E-state index contributed by atoms with van der Waals surface area (Å²) < 4.78 is 4.84. The minimum atomic E-state index is -0.333. The van der Waals surface area contributed by atoms with Crippen LogP contribution in [0.1, 0.15) is 195 Å². The molecule has 1 heterocycles. The Balaban J connectivity index is 0.0000000991. The third kappa shape index (κ3) is 15.3. The summed E-state index contributed by atoms with van der Waals surface area (Å²) in [5.41, 5.74) is 49.1. The lowest BCUT2D eigenvalue weighted by Crippen LogP contribution is -2.28. The van der Waals surface area contributed by atoms with Gasteiger partial charge < -0.3 is 4.52 Å². The summed E-state index contributed by atoms with van der Waals surface area (Å²) in [4.78, 5) is 0. The van der Waals surface area contributed by atoms with Crippen molar-refractivity contribution in [1.29, 1.82) is 0 Å². The molecular formula is C138H121NO. The maximum absolute atomic E-state index is 4.84. The molecule has 0 bridgehead atoms. The van der Waals surface area contributed by atoms with E-state index in [0.29, 0.717) is 0 Å². The highest BCUT2D eigenvalue weighted by molar-refractivity contribution is 6.04. The standard InChI is InChI=1S/C30H22.C26H20.3C20H18.C16H16.C6H9NO/c1-21-16-18-26-27-19-17-22-10-8-9-15-25(22)29(27)30(28(26)20-21,23-11-4-2-5-12-23)24-13-6-3-7-14-24;1-19-16-17-23-22-14-8-9-15-24(22)26(25(23)18-19,20-10-4-2-5-11-20)21-12-6-3-7-13-21;1-13-8-10-16-18(12-13)20(2,3)17-11-9-14-6-4-5-7-15(14)19(16)17;1-13-8-10-16-17-11-9-14-6-4-5-7-15(14)19(17)20(2,3)18(16)12-13;1-13-8-9-16-17-11-14-6-4-5-7-15(14)12-19(17)20(2,3)18(16)10-13;1-11-8-9-13-12-6-4-5-7-14(12)16(2,3)15(13)10-11;1-4-5(2)7-8-6(4)3/h2-20H,1H3;2-18H,1H3;3*4-12H,1-3H3;4-10H,1-3H3;1-3H3. The van der Waals surface area contributed by atoms with E-state index in [2.05, 4.69) is 527 Å². The van der Waals surface area contributed by atoms with Crippen molar-refractivity contribution in [3.05, 3.63) is 564 Å². The third-order valence-electron chi connectivity index (χ3n) is 31.4. The van der Waals surface area contributed by atoms with Crippen LogP contribution in [0.3, 0.4) is 0 Å². The van der Waals surface area contributed by atoms with Crippen molar-refractivity contribution in [3.8, 4) is 66.8 Å². The Bertz CT molecular complexity index is 8260. The van der Waals surface area contributed by atoms with Crippen molar-refractivity contribution in [2.24, 2.45) is 0 Å². The van der Waals surface area contributed by atoms with Crippen LogP contribution in [0.5, 0.6) is 0 Å². The SMILES string of the molecule is Cc1ccc2c(c1)C(C)(C)c1c-2ccc2ccccc12.Cc1ccc2c(c1)C(C)(C)c1cc3ccccc3cc1-2.Cc1ccc2c(c1)C(C)(C)c1ccc3ccccc3c1-2.Cc1ccc2c(c1)C(C)(C)c1ccccc1-2.Cc1ccc2c(c1)C(c1ccccc1)(c1ccccc1)c1c-2ccc2ccccc12.Cc1ccc2c(c1)C(c1ccccc1)(c1ccccc1)c1ccccc1-2.Cc1noc(C)c1C. The zero-order valence-electron chi connectivity index (χ0n) is 83.8. The molecule has 2 heteroatoms. The van der Waals surface area contributed by atoms with E-state index in [1.807, 2.05) is 20.8 Å². The summed E-state index contributed by atoms with van der Waals surface area (Å²) in [7, 11) is 0. The van der Waals surface area contributed by atoms with E-state index in [1.54, 1.807) is 0 Å². The van der Waals surface area contributed by atoms with Crippen LogP contribution in [0.25, 0.3) is 110 Å². The van der Waals surface area contributed by atoms with Crippen LogP contribution >= 0.6 is 0 Å². The number of nitrogens with zero attached hydrogens (tertiary/aromatic N) is 1. The molecule has 0 saturated heterocycles. The number of fused-ring (bicyclic) bond motifs is 25. The van der Waals surface area contributed by atoms with Crippen molar-refractivity contribution in [3.63, 3.8) is 0 Å². The first-order valence-electron chi connectivity index (χ1n) is 49.8. The quantitative estimate of drug-likeness (QED) is 0.176. The first-order valence-corrected chi connectivity index (χ1v) is 49.8. The molecule has 0 unspecified atom stereocenters.